The van der Waals surface area contributed by atoms with Gasteiger partial charge in [-0.2, -0.15) is 0 Å². The first-order valence-electron chi connectivity index (χ1n) is 7.25. The fourth-order valence-corrected chi connectivity index (χ4v) is 4.11. The molecule has 0 bridgehead atoms. The maximum atomic E-state index is 12.3. The van der Waals surface area contributed by atoms with Gasteiger partial charge in [-0.05, 0) is 0 Å². The fraction of sp³-hybridized carbons (Fsp3) is 0.188. The van der Waals surface area contributed by atoms with E-state index in [4.69, 9.17) is 9.47 Å². The number of fused-ring (bicyclic) bond motifs is 2. The van der Waals surface area contributed by atoms with Gasteiger partial charge in [0.15, 0.2) is 0 Å². The molecule has 0 spiro atoms. The molecule has 1 aliphatic rings. The Bertz CT molecular complexity index is 959. The third-order valence-corrected chi connectivity index (χ3v) is 5.25. The first-order valence-corrected chi connectivity index (χ1v) is 8.78. The molecule has 0 amide bonds. The summed E-state index contributed by atoms with van der Waals surface area (Å²) in [7, 11) is 3.01. The zero-order valence-corrected chi connectivity index (χ0v) is 14.7. The first-order chi connectivity index (χ1) is 11.7. The zero-order chi connectivity index (χ0) is 16.7. The quantitative estimate of drug-likeness (QED) is 0.523. The molecule has 122 valence electrons. The van der Waals surface area contributed by atoms with Crippen molar-refractivity contribution in [1.29, 1.82) is 0 Å². The number of esters is 1. The second-order valence-electron chi connectivity index (χ2n) is 5.32. The van der Waals surface area contributed by atoms with Crippen LogP contribution < -0.4 is 10.1 Å². The average Bonchev–Trinajstić information content (AvgIpc) is 3.26. The van der Waals surface area contributed by atoms with Gasteiger partial charge < -0.3 is 0 Å². The molecule has 4 rings (SSSR count). The van der Waals surface area contributed by atoms with Crippen molar-refractivity contribution in [3.63, 3.8) is 0 Å². The van der Waals surface area contributed by atoms with Crippen molar-refractivity contribution in [2.24, 2.45) is 0 Å². The van der Waals surface area contributed by atoms with Gasteiger partial charge in [-0.15, -0.1) is 0 Å². The van der Waals surface area contributed by atoms with E-state index in [1.54, 1.807) is 13.3 Å². The number of anilines is 1. The first kappa shape index (κ1) is 15.0. The third-order valence-electron chi connectivity index (χ3n) is 4.12. The fourth-order valence-electron chi connectivity index (χ4n) is 2.96. The Morgan fingerprint density at radius 3 is 2.96 bits per heavy atom. The number of rotatable bonds is 3. The molecule has 0 radical (unpaired) electrons. The van der Waals surface area contributed by atoms with Crippen LogP contribution in [0.4, 0.5) is 5.82 Å². The molecule has 1 atom stereocenters. The predicted molar refractivity (Wildman–Crippen MR) is 89.4 cm³/mol. The van der Waals surface area contributed by atoms with Gasteiger partial charge in [0.05, 0.1) is 0 Å². The summed E-state index contributed by atoms with van der Waals surface area (Å²) in [6.45, 7) is 0. The number of nitrogens with zero attached hydrogens (tertiary/aromatic N) is 2. The zero-order valence-electron chi connectivity index (χ0n) is 13.0. The number of nitrogens with one attached hydrogen (secondary N) is 2. The van der Waals surface area contributed by atoms with E-state index in [0.29, 0.717) is 5.57 Å². The van der Waals surface area contributed by atoms with E-state index in [1.807, 2.05) is 24.4 Å². The van der Waals surface area contributed by atoms with Gasteiger partial charge in [-0.25, -0.2) is 0 Å². The molecule has 1 unspecified atom stereocenters. The van der Waals surface area contributed by atoms with E-state index in [9.17, 15) is 4.79 Å². The molecule has 0 saturated carbocycles. The molecule has 3 heterocycles. The molecule has 8 heteroatoms. The Balaban J connectivity index is 1.93. The number of aromatic amines is 1. The van der Waals surface area contributed by atoms with Crippen molar-refractivity contribution >= 4 is 37.7 Å². The van der Waals surface area contributed by atoms with Crippen LogP contribution in [0.3, 0.4) is 0 Å². The van der Waals surface area contributed by atoms with Gasteiger partial charge in [0.1, 0.15) is 0 Å². The molecule has 0 fully saturated rings. The van der Waals surface area contributed by atoms with Crippen molar-refractivity contribution in [3.05, 3.63) is 47.4 Å². The number of H-pyrrole nitrogens is 1. The van der Waals surface area contributed by atoms with Crippen molar-refractivity contribution in [1.82, 2.24) is 12.9 Å². The minimum atomic E-state index is -0.383. The summed E-state index contributed by atoms with van der Waals surface area (Å²) in [4.78, 5) is 15.5. The van der Waals surface area contributed by atoms with Gasteiger partial charge in [-0.3, -0.25) is 0 Å². The normalized spacial score (nSPS) is 16.2. The molecule has 2 aromatic heterocycles. The number of hydrogen-bond donors (Lipinski definition) is 2. The number of carbonyl (C=O) groups is 1. The average molecular weight is 389 g/mol. The van der Waals surface area contributed by atoms with Crippen LogP contribution in [-0.2, 0) is 9.53 Å². The second-order valence-corrected chi connectivity index (χ2v) is 6.43. The molecule has 2 N–H and O–H groups in total. The van der Waals surface area contributed by atoms with Crippen LogP contribution in [0.25, 0.3) is 10.9 Å². The van der Waals surface area contributed by atoms with E-state index in [0.717, 1.165) is 33.7 Å². The molecular weight excluding hydrogens is 375 g/mol. The Kier molecular flexibility index (Phi) is 3.63. The van der Waals surface area contributed by atoms with Gasteiger partial charge in [-0.1, -0.05) is 0 Å². The number of carbonyl (C=O) groups excluding carboxylic acids is 1. The number of aromatic nitrogens is 3. The summed E-state index contributed by atoms with van der Waals surface area (Å²) >= 11 is -0.195. The van der Waals surface area contributed by atoms with Gasteiger partial charge in [0.2, 0.25) is 0 Å². The Morgan fingerprint density at radius 2 is 2.17 bits per heavy atom. The van der Waals surface area contributed by atoms with E-state index in [2.05, 4.69) is 18.3 Å². The summed E-state index contributed by atoms with van der Waals surface area (Å²) in [5, 5.41) is 4.03. The van der Waals surface area contributed by atoms with Crippen molar-refractivity contribution in [2.75, 3.05) is 19.5 Å². The number of ether oxygens (including phenoxy) is 2. The van der Waals surface area contributed by atoms with E-state index in [1.165, 1.54) is 7.11 Å². The number of hydrogen-bond acceptors (Lipinski definition) is 6. The predicted octanol–water partition coefficient (Wildman–Crippen LogP) is 1.64. The van der Waals surface area contributed by atoms with Gasteiger partial charge in [0, 0.05) is 0 Å². The molecule has 0 aliphatic carbocycles. The van der Waals surface area contributed by atoms with Crippen molar-refractivity contribution in [3.8, 4) is 5.75 Å². The molecular formula is C16H14N4O3Se. The SMILES string of the molecule is COC(=O)C1=CNc2n[se]nc2C1c1c[nH]c2ccc(OC)cc12. The van der Waals surface area contributed by atoms with Crippen LogP contribution in [0.5, 0.6) is 5.75 Å². The second kappa shape index (κ2) is 5.81. The van der Waals surface area contributed by atoms with E-state index >= 15 is 0 Å². The van der Waals surface area contributed by atoms with Crippen LogP contribution in [0, 0.1) is 0 Å². The summed E-state index contributed by atoms with van der Waals surface area (Å²) in [6.07, 6.45) is 3.57. The summed E-state index contributed by atoms with van der Waals surface area (Å²) in [5.74, 6) is 0.783. The summed E-state index contributed by atoms with van der Waals surface area (Å²) in [5.41, 5.74) is 3.21. The van der Waals surface area contributed by atoms with Crippen LogP contribution in [-0.4, -0.2) is 48.1 Å². The topological polar surface area (TPSA) is 89.1 Å². The van der Waals surface area contributed by atoms with Gasteiger partial charge >= 0.3 is 143 Å². The molecule has 7 nitrogen and oxygen atoms in total. The van der Waals surface area contributed by atoms with E-state index < -0.39 is 0 Å². The standard InChI is InChI=1S/C16H14N4O3Se/c1-22-8-3-4-12-9(5-8)10(6-17-12)13-11(16(21)23-2)7-18-15-14(13)19-24-20-15/h3-7,13,17H,1-2H3,(H,18,20). The number of benzene rings is 1. The minimum absolute atomic E-state index is 0.195. The monoisotopic (exact) mass is 390 g/mol. The summed E-state index contributed by atoms with van der Waals surface area (Å²) < 4.78 is 19.2. The van der Waals surface area contributed by atoms with Crippen molar-refractivity contribution < 1.29 is 14.3 Å². The van der Waals surface area contributed by atoms with Crippen LogP contribution in [0.1, 0.15) is 17.2 Å². The Labute approximate surface area is 143 Å². The van der Waals surface area contributed by atoms with Gasteiger partial charge in [0.25, 0.3) is 0 Å². The third kappa shape index (κ3) is 2.23. The molecule has 1 aromatic carbocycles. The maximum absolute atomic E-state index is 12.3. The molecule has 3 aromatic rings. The molecule has 0 saturated heterocycles. The Morgan fingerprint density at radius 1 is 1.29 bits per heavy atom. The van der Waals surface area contributed by atoms with Crippen molar-refractivity contribution in [2.45, 2.75) is 5.92 Å². The van der Waals surface area contributed by atoms with E-state index in [-0.39, 0.29) is 26.8 Å². The van der Waals surface area contributed by atoms with Crippen LogP contribution in [0.2, 0.25) is 0 Å². The van der Waals surface area contributed by atoms with Crippen LogP contribution in [0.15, 0.2) is 36.2 Å². The molecule has 24 heavy (non-hydrogen) atoms. The Hall–Kier alpha value is -2.57. The van der Waals surface area contributed by atoms with Crippen LogP contribution >= 0.6 is 0 Å². The summed E-state index contributed by atoms with van der Waals surface area (Å²) in [6, 6.07) is 5.80. The number of methoxy groups -OCH3 is 2. The molecule has 1 aliphatic heterocycles.